The van der Waals surface area contributed by atoms with Gasteiger partial charge in [0.05, 0.1) is 29.7 Å². The van der Waals surface area contributed by atoms with E-state index >= 15 is 0 Å². The number of rotatable bonds is 7. The highest BCUT2D eigenvalue weighted by Gasteiger charge is 2.51. The molecular formula is C28H34F4N4O6S. The van der Waals surface area contributed by atoms with Gasteiger partial charge in [0.1, 0.15) is 17.7 Å². The first-order valence-electron chi connectivity index (χ1n) is 13.5. The van der Waals surface area contributed by atoms with Crippen LogP contribution in [0.4, 0.5) is 33.7 Å². The predicted octanol–water partition coefficient (Wildman–Crippen LogP) is 4.66. The van der Waals surface area contributed by atoms with Crippen molar-refractivity contribution in [3.63, 3.8) is 0 Å². The number of ether oxygens (including phenoxy) is 2. The third-order valence-corrected chi connectivity index (χ3v) is 9.05. The van der Waals surface area contributed by atoms with Crippen molar-refractivity contribution in [2.24, 2.45) is 0 Å². The van der Waals surface area contributed by atoms with Crippen LogP contribution in [0.5, 0.6) is 5.75 Å². The summed E-state index contributed by atoms with van der Waals surface area (Å²) in [4.78, 5) is 27.0. The molecule has 0 spiro atoms. The Morgan fingerprint density at radius 1 is 1.05 bits per heavy atom. The van der Waals surface area contributed by atoms with Crippen LogP contribution in [-0.2, 0) is 19.6 Å². The average molecular weight is 631 g/mol. The summed E-state index contributed by atoms with van der Waals surface area (Å²) in [6, 6.07) is 7.69. The Balaban J connectivity index is 1.58. The molecule has 0 bridgehead atoms. The fraction of sp³-hybridized carbons (Fsp3) is 0.500. The van der Waals surface area contributed by atoms with Crippen molar-refractivity contribution < 1.29 is 45.0 Å². The van der Waals surface area contributed by atoms with Gasteiger partial charge >= 0.3 is 12.3 Å². The summed E-state index contributed by atoms with van der Waals surface area (Å²) < 4.78 is 92.0. The summed E-state index contributed by atoms with van der Waals surface area (Å²) in [5.74, 6) is -0.789. The average Bonchev–Trinajstić information content (AvgIpc) is 2.84. The zero-order chi connectivity index (χ0) is 32.0. The van der Waals surface area contributed by atoms with Gasteiger partial charge in [0.2, 0.25) is 11.5 Å². The molecule has 10 nitrogen and oxygen atoms in total. The molecular weight excluding hydrogens is 596 g/mol. The van der Waals surface area contributed by atoms with E-state index in [2.05, 4.69) is 20.3 Å². The molecule has 0 aromatic heterocycles. The van der Waals surface area contributed by atoms with Crippen LogP contribution >= 0.6 is 0 Å². The first-order chi connectivity index (χ1) is 19.8. The first kappa shape index (κ1) is 32.3. The molecule has 0 aliphatic carbocycles. The first-order valence-corrected chi connectivity index (χ1v) is 14.9. The molecule has 1 unspecified atom stereocenters. The fourth-order valence-electron chi connectivity index (χ4n) is 4.69. The summed E-state index contributed by atoms with van der Waals surface area (Å²) >= 11 is 0. The third-order valence-electron chi connectivity index (χ3n) is 7.26. The molecule has 43 heavy (non-hydrogen) atoms. The maximum Gasteiger partial charge on any atom is 0.427 e. The highest BCUT2D eigenvalue weighted by molar-refractivity contribution is 7.92. The van der Waals surface area contributed by atoms with Crippen molar-refractivity contribution in [1.82, 2.24) is 10.2 Å². The van der Waals surface area contributed by atoms with Crippen LogP contribution in [0, 0.1) is 5.82 Å². The van der Waals surface area contributed by atoms with Crippen LogP contribution in [0.1, 0.15) is 41.0 Å². The molecule has 1 fully saturated rings. The smallest absolute Gasteiger partial charge is 0.427 e. The van der Waals surface area contributed by atoms with E-state index in [4.69, 9.17) is 4.74 Å². The van der Waals surface area contributed by atoms with Gasteiger partial charge in [-0.25, -0.2) is 17.6 Å². The van der Waals surface area contributed by atoms with Gasteiger partial charge in [0.25, 0.3) is 10.0 Å². The number of amides is 2. The Bertz CT molecular complexity index is 1480. The Morgan fingerprint density at radius 2 is 1.70 bits per heavy atom. The van der Waals surface area contributed by atoms with Crippen LogP contribution in [0.3, 0.4) is 0 Å². The number of benzene rings is 2. The summed E-state index contributed by atoms with van der Waals surface area (Å²) in [5, 5.41) is 5.02. The SMILES string of the molecule is CC(C)(C)N1CCC1C(=O)NC[C@H]1CN(S(=O)(=O)c2ccc(F)cc2)c2cc(NC(=O)OC(C)(C)C(F)(F)F)ccc2O1. The molecule has 2 amide bonds. The maximum atomic E-state index is 13.7. The number of halogens is 4. The van der Waals surface area contributed by atoms with Gasteiger partial charge < -0.3 is 14.8 Å². The number of hydrogen-bond acceptors (Lipinski definition) is 7. The molecule has 2 aliphatic rings. The van der Waals surface area contributed by atoms with Crippen molar-refractivity contribution in [1.29, 1.82) is 0 Å². The van der Waals surface area contributed by atoms with Gasteiger partial charge in [-0.2, -0.15) is 13.2 Å². The van der Waals surface area contributed by atoms with E-state index in [-0.39, 0.29) is 52.6 Å². The second kappa shape index (κ2) is 11.5. The molecule has 0 radical (unpaired) electrons. The minimum Gasteiger partial charge on any atom is -0.484 e. The van der Waals surface area contributed by atoms with Crippen LogP contribution < -0.4 is 19.7 Å². The predicted molar refractivity (Wildman–Crippen MR) is 150 cm³/mol. The lowest BCUT2D eigenvalue weighted by Gasteiger charge is -2.48. The Morgan fingerprint density at radius 3 is 2.26 bits per heavy atom. The van der Waals surface area contributed by atoms with Crippen LogP contribution in [0.15, 0.2) is 47.4 Å². The van der Waals surface area contributed by atoms with Gasteiger partial charge in [0.15, 0.2) is 0 Å². The van der Waals surface area contributed by atoms with Crippen molar-refractivity contribution in [3.05, 3.63) is 48.3 Å². The molecule has 1 saturated heterocycles. The van der Waals surface area contributed by atoms with Gasteiger partial charge in [-0.1, -0.05) is 0 Å². The van der Waals surface area contributed by atoms with Gasteiger partial charge in [0, 0.05) is 17.8 Å². The number of sulfonamides is 1. The number of carbonyl (C=O) groups is 2. The molecule has 2 aliphatic heterocycles. The lowest BCUT2D eigenvalue weighted by atomic mass is 9.93. The Labute approximate surface area is 247 Å². The van der Waals surface area contributed by atoms with Gasteiger partial charge in [-0.15, -0.1) is 0 Å². The molecule has 15 heteroatoms. The standard InChI is InChI=1S/C28H34F4N4O6S/c1-26(2,3)35-13-12-21(35)24(37)33-15-19-16-36(43(39,40)20-9-6-17(29)7-10-20)22-14-18(8-11-23(22)41-19)34-25(38)42-27(4,5)28(30,31)32/h6-11,14,19,21H,12-13,15-16H2,1-5H3,(H,33,37)(H,34,38)/t19-,21?/m0/s1. The monoisotopic (exact) mass is 630 g/mol. The van der Waals surface area contributed by atoms with E-state index in [1.54, 1.807) is 0 Å². The second-order valence-corrected chi connectivity index (χ2v) is 13.7. The quantitative estimate of drug-likeness (QED) is 0.428. The lowest BCUT2D eigenvalue weighted by Crippen LogP contribution is -2.63. The number of alkyl halides is 3. The number of hydrogen-bond donors (Lipinski definition) is 2. The largest absolute Gasteiger partial charge is 0.484 e. The lowest BCUT2D eigenvalue weighted by molar-refractivity contribution is -0.242. The highest BCUT2D eigenvalue weighted by atomic mass is 32.2. The summed E-state index contributed by atoms with van der Waals surface area (Å²) in [5.41, 5.74) is -3.09. The number of anilines is 2. The third kappa shape index (κ3) is 6.98. The topological polar surface area (TPSA) is 117 Å². The number of fused-ring (bicyclic) bond motifs is 1. The molecule has 2 heterocycles. The minimum absolute atomic E-state index is 0.0267. The minimum atomic E-state index is -4.83. The normalized spacial score (nSPS) is 19.5. The van der Waals surface area contributed by atoms with Crippen molar-refractivity contribution in [3.8, 4) is 5.75 Å². The zero-order valence-corrected chi connectivity index (χ0v) is 25.1. The van der Waals surface area contributed by atoms with Crippen LogP contribution in [0.25, 0.3) is 0 Å². The molecule has 2 aromatic rings. The van der Waals surface area contributed by atoms with Crippen LogP contribution in [0.2, 0.25) is 0 Å². The van der Waals surface area contributed by atoms with Crippen molar-refractivity contribution in [2.45, 2.75) is 75.4 Å². The van der Waals surface area contributed by atoms with Gasteiger partial charge in [-0.3, -0.25) is 19.3 Å². The number of nitrogens with one attached hydrogen (secondary N) is 2. The van der Waals surface area contributed by atoms with E-state index in [0.717, 1.165) is 35.1 Å². The van der Waals surface area contributed by atoms with Gasteiger partial charge in [-0.05, 0) is 83.5 Å². The molecule has 0 saturated carbocycles. The Hall–Kier alpha value is -3.59. The van der Waals surface area contributed by atoms with E-state index in [0.29, 0.717) is 20.3 Å². The number of carbonyl (C=O) groups excluding carboxylic acids is 2. The van der Waals surface area contributed by atoms with Crippen molar-refractivity contribution >= 4 is 33.4 Å². The maximum absolute atomic E-state index is 13.7. The Kier molecular flexibility index (Phi) is 8.64. The zero-order valence-electron chi connectivity index (χ0n) is 24.3. The van der Waals surface area contributed by atoms with Crippen LogP contribution in [-0.4, -0.2) is 74.4 Å². The molecule has 4 rings (SSSR count). The molecule has 2 atom stereocenters. The number of nitrogens with zero attached hydrogens (tertiary/aromatic N) is 2. The van der Waals surface area contributed by atoms with E-state index in [1.165, 1.54) is 18.2 Å². The van der Waals surface area contributed by atoms with E-state index < -0.39 is 39.8 Å². The van der Waals surface area contributed by atoms with Crippen molar-refractivity contribution in [2.75, 3.05) is 29.3 Å². The molecule has 2 N–H and O–H groups in total. The summed E-state index contributed by atoms with van der Waals surface area (Å²) in [6.07, 6.45) is -6.39. The van der Waals surface area contributed by atoms with E-state index in [1.807, 2.05) is 20.8 Å². The number of likely N-dealkylation sites (tertiary alicyclic amines) is 1. The summed E-state index contributed by atoms with van der Waals surface area (Å²) in [6.45, 7) is 7.87. The molecule has 236 valence electrons. The second-order valence-electron chi connectivity index (χ2n) is 11.8. The fourth-order valence-corrected chi connectivity index (χ4v) is 6.18. The summed E-state index contributed by atoms with van der Waals surface area (Å²) in [7, 11) is -4.32. The molecule has 2 aromatic carbocycles. The highest BCUT2D eigenvalue weighted by Crippen LogP contribution is 2.39. The van der Waals surface area contributed by atoms with E-state index in [9.17, 15) is 35.6 Å².